The first-order valence-corrected chi connectivity index (χ1v) is 13.1. The summed E-state index contributed by atoms with van der Waals surface area (Å²) in [6.07, 6.45) is 22.7. The highest BCUT2D eigenvalue weighted by Gasteiger charge is 2.30. The zero-order chi connectivity index (χ0) is 21.0. The normalized spacial score (nSPS) is 27.5. The first kappa shape index (κ1) is 23.6. The van der Waals surface area contributed by atoms with Gasteiger partial charge in [-0.25, -0.2) is 0 Å². The summed E-state index contributed by atoms with van der Waals surface area (Å²) >= 11 is 0. The standard InChI is InChI=1S/C29H46O/c1-3-5-7-9-24-10-14-26(15-11-24)28-18-20-29(21-19-28)27-16-12-25(13-17-27)23-30-22-8-6-4-2/h5,7,12-13,16-17,24,26,28-29H,3-4,6,8-11,14-15,18-23H2,1-2H3. The Morgan fingerprint density at radius 2 is 1.47 bits per heavy atom. The molecule has 0 aromatic heterocycles. The van der Waals surface area contributed by atoms with E-state index in [0.29, 0.717) is 0 Å². The molecule has 0 N–H and O–H groups in total. The highest BCUT2D eigenvalue weighted by molar-refractivity contribution is 5.25. The fourth-order valence-corrected chi connectivity index (χ4v) is 5.80. The predicted molar refractivity (Wildman–Crippen MR) is 130 cm³/mol. The van der Waals surface area contributed by atoms with E-state index in [0.717, 1.165) is 36.9 Å². The topological polar surface area (TPSA) is 9.23 Å². The lowest BCUT2D eigenvalue weighted by atomic mass is 9.68. The number of rotatable bonds is 11. The minimum Gasteiger partial charge on any atom is -0.377 e. The Kier molecular flexibility index (Phi) is 10.5. The first-order valence-electron chi connectivity index (χ1n) is 13.1. The number of benzene rings is 1. The van der Waals surface area contributed by atoms with Crippen molar-refractivity contribution in [1.82, 2.24) is 0 Å². The van der Waals surface area contributed by atoms with Gasteiger partial charge in [0.15, 0.2) is 0 Å². The maximum Gasteiger partial charge on any atom is 0.0716 e. The SMILES string of the molecule is CCC=CCC1CCC(C2CCC(c3ccc(COCCCCC)cc3)CC2)CC1. The number of hydrogen-bond donors (Lipinski definition) is 0. The molecule has 30 heavy (non-hydrogen) atoms. The van der Waals surface area contributed by atoms with Crippen LogP contribution in [0.2, 0.25) is 0 Å². The van der Waals surface area contributed by atoms with Crippen LogP contribution in [-0.2, 0) is 11.3 Å². The fraction of sp³-hybridized carbons (Fsp3) is 0.724. The van der Waals surface area contributed by atoms with Gasteiger partial charge in [0.05, 0.1) is 6.61 Å². The van der Waals surface area contributed by atoms with E-state index in [1.807, 2.05) is 0 Å². The molecule has 0 amide bonds. The van der Waals surface area contributed by atoms with Gasteiger partial charge in [-0.2, -0.15) is 0 Å². The van der Waals surface area contributed by atoms with Crippen molar-refractivity contribution in [2.45, 2.75) is 110 Å². The Hall–Kier alpha value is -1.08. The van der Waals surface area contributed by atoms with E-state index in [1.165, 1.54) is 89.0 Å². The first-order chi connectivity index (χ1) is 14.8. The quantitative estimate of drug-likeness (QED) is 0.261. The molecule has 3 rings (SSSR count). The van der Waals surface area contributed by atoms with Crippen molar-refractivity contribution in [2.24, 2.45) is 17.8 Å². The lowest BCUT2D eigenvalue weighted by Crippen LogP contribution is -2.25. The van der Waals surface area contributed by atoms with Gasteiger partial charge in [-0.05, 0) is 105 Å². The molecule has 2 aliphatic carbocycles. The van der Waals surface area contributed by atoms with E-state index < -0.39 is 0 Å². The molecule has 0 heterocycles. The van der Waals surface area contributed by atoms with E-state index in [2.05, 4.69) is 50.3 Å². The van der Waals surface area contributed by atoms with Crippen LogP contribution in [0.25, 0.3) is 0 Å². The summed E-state index contributed by atoms with van der Waals surface area (Å²) in [5.41, 5.74) is 2.89. The Morgan fingerprint density at radius 3 is 2.10 bits per heavy atom. The van der Waals surface area contributed by atoms with Gasteiger partial charge in [0.25, 0.3) is 0 Å². The number of ether oxygens (including phenoxy) is 1. The summed E-state index contributed by atoms with van der Waals surface area (Å²) in [4.78, 5) is 0. The van der Waals surface area contributed by atoms with E-state index in [1.54, 1.807) is 5.56 Å². The van der Waals surface area contributed by atoms with Gasteiger partial charge in [-0.1, -0.05) is 63.1 Å². The molecule has 1 aromatic carbocycles. The lowest BCUT2D eigenvalue weighted by molar-refractivity contribution is 0.117. The summed E-state index contributed by atoms with van der Waals surface area (Å²) in [6, 6.07) is 9.36. The maximum atomic E-state index is 5.82. The van der Waals surface area contributed by atoms with Gasteiger partial charge in [-0.3, -0.25) is 0 Å². The van der Waals surface area contributed by atoms with Crippen LogP contribution in [0.4, 0.5) is 0 Å². The van der Waals surface area contributed by atoms with Crippen LogP contribution in [0.15, 0.2) is 36.4 Å². The molecule has 0 unspecified atom stereocenters. The van der Waals surface area contributed by atoms with E-state index in [-0.39, 0.29) is 0 Å². The van der Waals surface area contributed by atoms with E-state index >= 15 is 0 Å². The molecular formula is C29H46O. The molecule has 1 nitrogen and oxygen atoms in total. The summed E-state index contributed by atoms with van der Waals surface area (Å²) in [7, 11) is 0. The van der Waals surface area contributed by atoms with Crippen molar-refractivity contribution >= 4 is 0 Å². The Bertz CT molecular complexity index is 585. The van der Waals surface area contributed by atoms with Crippen LogP contribution in [0, 0.1) is 17.8 Å². The number of allylic oxidation sites excluding steroid dienone is 2. The van der Waals surface area contributed by atoms with Crippen molar-refractivity contribution in [2.75, 3.05) is 6.61 Å². The van der Waals surface area contributed by atoms with Gasteiger partial charge in [0.1, 0.15) is 0 Å². The van der Waals surface area contributed by atoms with Gasteiger partial charge in [0, 0.05) is 6.61 Å². The van der Waals surface area contributed by atoms with Crippen LogP contribution >= 0.6 is 0 Å². The molecular weight excluding hydrogens is 364 g/mol. The van der Waals surface area contributed by atoms with E-state index in [9.17, 15) is 0 Å². The molecule has 0 radical (unpaired) electrons. The van der Waals surface area contributed by atoms with Crippen LogP contribution in [-0.4, -0.2) is 6.61 Å². The highest BCUT2D eigenvalue weighted by Crippen LogP contribution is 2.44. The fourth-order valence-electron chi connectivity index (χ4n) is 5.80. The minimum absolute atomic E-state index is 0.771. The molecule has 168 valence electrons. The largest absolute Gasteiger partial charge is 0.377 e. The van der Waals surface area contributed by atoms with Crippen LogP contribution in [0.3, 0.4) is 0 Å². The van der Waals surface area contributed by atoms with Gasteiger partial charge >= 0.3 is 0 Å². The zero-order valence-electron chi connectivity index (χ0n) is 19.8. The summed E-state index contributed by atoms with van der Waals surface area (Å²) in [5, 5.41) is 0. The molecule has 0 aliphatic heterocycles. The Morgan fingerprint density at radius 1 is 0.800 bits per heavy atom. The monoisotopic (exact) mass is 410 g/mol. The summed E-state index contributed by atoms with van der Waals surface area (Å²) in [6.45, 7) is 6.15. The lowest BCUT2D eigenvalue weighted by Gasteiger charge is -2.38. The number of hydrogen-bond acceptors (Lipinski definition) is 1. The molecule has 1 heteroatoms. The highest BCUT2D eigenvalue weighted by atomic mass is 16.5. The molecule has 0 atom stereocenters. The van der Waals surface area contributed by atoms with Crippen LogP contribution in [0.1, 0.15) is 114 Å². The Balaban J connectivity index is 1.36. The second kappa shape index (κ2) is 13.4. The number of unbranched alkanes of at least 4 members (excludes halogenated alkanes) is 2. The molecule has 2 fully saturated rings. The molecule has 2 aliphatic rings. The van der Waals surface area contributed by atoms with E-state index in [4.69, 9.17) is 4.74 Å². The third-order valence-corrected chi connectivity index (χ3v) is 7.81. The Labute approximate surface area is 186 Å². The van der Waals surface area contributed by atoms with Crippen molar-refractivity contribution in [1.29, 1.82) is 0 Å². The molecule has 0 saturated heterocycles. The predicted octanol–water partition coefficient (Wildman–Crippen LogP) is 8.83. The molecule has 0 bridgehead atoms. The second-order valence-corrected chi connectivity index (χ2v) is 10.0. The van der Waals surface area contributed by atoms with Crippen molar-refractivity contribution in [3.63, 3.8) is 0 Å². The zero-order valence-corrected chi connectivity index (χ0v) is 19.8. The average Bonchev–Trinajstić information content (AvgIpc) is 2.80. The van der Waals surface area contributed by atoms with Crippen LogP contribution < -0.4 is 0 Å². The molecule has 0 spiro atoms. The second-order valence-electron chi connectivity index (χ2n) is 10.0. The van der Waals surface area contributed by atoms with Crippen molar-refractivity contribution in [3.05, 3.63) is 47.5 Å². The van der Waals surface area contributed by atoms with Crippen molar-refractivity contribution in [3.8, 4) is 0 Å². The van der Waals surface area contributed by atoms with Crippen LogP contribution in [0.5, 0.6) is 0 Å². The van der Waals surface area contributed by atoms with Gasteiger partial charge in [0.2, 0.25) is 0 Å². The molecule has 2 saturated carbocycles. The summed E-state index contributed by atoms with van der Waals surface area (Å²) in [5.74, 6) is 3.78. The summed E-state index contributed by atoms with van der Waals surface area (Å²) < 4.78 is 5.82. The third-order valence-electron chi connectivity index (χ3n) is 7.81. The van der Waals surface area contributed by atoms with Gasteiger partial charge in [-0.15, -0.1) is 0 Å². The maximum absolute atomic E-state index is 5.82. The van der Waals surface area contributed by atoms with Gasteiger partial charge < -0.3 is 4.74 Å². The smallest absolute Gasteiger partial charge is 0.0716 e. The minimum atomic E-state index is 0.771. The van der Waals surface area contributed by atoms with Crippen molar-refractivity contribution < 1.29 is 4.74 Å². The third kappa shape index (κ3) is 7.56. The molecule has 1 aromatic rings. The average molecular weight is 411 g/mol.